The molecular formula is C9H11NO4. The molecule has 0 spiro atoms. The number of benzene rings is 1. The number of nitrogen functional groups attached to an aromatic ring is 1. The van der Waals surface area contributed by atoms with Gasteiger partial charge >= 0.3 is 5.97 Å². The number of anilines is 1. The minimum atomic E-state index is -1.11. The number of carboxylic acid groups (broad SMARTS) is 1. The summed E-state index contributed by atoms with van der Waals surface area (Å²) in [5.41, 5.74) is 5.63. The first-order valence-corrected chi connectivity index (χ1v) is 3.85. The summed E-state index contributed by atoms with van der Waals surface area (Å²) < 4.78 is 9.81. The Labute approximate surface area is 81.0 Å². The molecule has 0 aliphatic carbocycles. The van der Waals surface area contributed by atoms with Gasteiger partial charge in [0.05, 0.1) is 25.5 Å². The molecule has 0 fully saturated rings. The molecule has 1 rings (SSSR count). The maximum atomic E-state index is 10.8. The molecule has 0 unspecified atom stereocenters. The number of hydrogen-bond donors (Lipinski definition) is 2. The summed E-state index contributed by atoms with van der Waals surface area (Å²) in [5, 5.41) is 8.81. The Balaban J connectivity index is 3.34. The number of hydrogen-bond acceptors (Lipinski definition) is 4. The first-order valence-electron chi connectivity index (χ1n) is 3.85. The monoisotopic (exact) mass is 197 g/mol. The maximum Gasteiger partial charge on any atom is 0.338 e. The van der Waals surface area contributed by atoms with E-state index in [1.54, 1.807) is 0 Å². The summed E-state index contributed by atoms with van der Waals surface area (Å²) in [6.45, 7) is 0. The van der Waals surface area contributed by atoms with E-state index in [9.17, 15) is 4.79 Å². The van der Waals surface area contributed by atoms with E-state index in [1.165, 1.54) is 26.4 Å². The van der Waals surface area contributed by atoms with Crippen LogP contribution in [0.15, 0.2) is 12.1 Å². The van der Waals surface area contributed by atoms with Crippen LogP contribution < -0.4 is 15.2 Å². The van der Waals surface area contributed by atoms with Crippen LogP contribution in [0.5, 0.6) is 11.5 Å². The number of aromatic carboxylic acids is 1. The van der Waals surface area contributed by atoms with Gasteiger partial charge in [0.1, 0.15) is 11.5 Å². The van der Waals surface area contributed by atoms with E-state index in [2.05, 4.69) is 0 Å². The zero-order valence-corrected chi connectivity index (χ0v) is 7.90. The van der Waals surface area contributed by atoms with Crippen molar-refractivity contribution in [3.63, 3.8) is 0 Å². The van der Waals surface area contributed by atoms with Gasteiger partial charge in [-0.3, -0.25) is 0 Å². The van der Waals surface area contributed by atoms with Gasteiger partial charge in [0.25, 0.3) is 0 Å². The Morgan fingerprint density at radius 1 is 1.36 bits per heavy atom. The Kier molecular flexibility index (Phi) is 2.81. The highest BCUT2D eigenvalue weighted by molar-refractivity contribution is 5.95. The molecule has 0 saturated heterocycles. The molecule has 1 aromatic rings. The molecule has 0 aliphatic heterocycles. The molecule has 0 bridgehead atoms. The van der Waals surface area contributed by atoms with Crippen LogP contribution in [0.2, 0.25) is 0 Å². The summed E-state index contributed by atoms with van der Waals surface area (Å²) >= 11 is 0. The lowest BCUT2D eigenvalue weighted by Gasteiger charge is -2.09. The predicted octanol–water partition coefficient (Wildman–Crippen LogP) is 0.984. The fourth-order valence-corrected chi connectivity index (χ4v) is 1.07. The van der Waals surface area contributed by atoms with Crippen molar-refractivity contribution in [2.75, 3.05) is 20.0 Å². The van der Waals surface area contributed by atoms with E-state index in [4.69, 9.17) is 20.3 Å². The Morgan fingerprint density at radius 2 is 2.00 bits per heavy atom. The molecule has 3 N–H and O–H groups in total. The third kappa shape index (κ3) is 1.71. The van der Waals surface area contributed by atoms with Crippen molar-refractivity contribution in [2.24, 2.45) is 0 Å². The smallest absolute Gasteiger partial charge is 0.338 e. The van der Waals surface area contributed by atoms with Crippen LogP contribution in [0.25, 0.3) is 0 Å². The molecule has 0 aromatic heterocycles. The first kappa shape index (κ1) is 10.2. The average molecular weight is 197 g/mol. The molecule has 0 radical (unpaired) electrons. The van der Waals surface area contributed by atoms with Gasteiger partial charge in [-0.25, -0.2) is 4.79 Å². The van der Waals surface area contributed by atoms with E-state index < -0.39 is 5.97 Å². The van der Waals surface area contributed by atoms with Gasteiger partial charge in [-0.1, -0.05) is 0 Å². The van der Waals surface area contributed by atoms with Crippen LogP contribution in [-0.2, 0) is 0 Å². The maximum absolute atomic E-state index is 10.8. The van der Waals surface area contributed by atoms with E-state index in [1.807, 2.05) is 0 Å². The second kappa shape index (κ2) is 3.87. The zero-order valence-electron chi connectivity index (χ0n) is 7.90. The highest BCUT2D eigenvalue weighted by Crippen LogP contribution is 2.30. The predicted molar refractivity (Wildman–Crippen MR) is 50.9 cm³/mol. The highest BCUT2D eigenvalue weighted by atomic mass is 16.5. The van der Waals surface area contributed by atoms with E-state index in [0.29, 0.717) is 11.5 Å². The highest BCUT2D eigenvalue weighted by Gasteiger charge is 2.14. The van der Waals surface area contributed by atoms with Crippen LogP contribution in [0.1, 0.15) is 10.4 Å². The third-order valence-corrected chi connectivity index (χ3v) is 1.80. The number of carboxylic acids is 1. The summed E-state index contributed by atoms with van der Waals surface area (Å²) in [4.78, 5) is 10.8. The van der Waals surface area contributed by atoms with Crippen molar-refractivity contribution >= 4 is 11.7 Å². The van der Waals surface area contributed by atoms with Crippen LogP contribution in [-0.4, -0.2) is 25.3 Å². The topological polar surface area (TPSA) is 81.8 Å². The van der Waals surface area contributed by atoms with Crippen molar-refractivity contribution in [3.05, 3.63) is 17.7 Å². The number of methoxy groups -OCH3 is 2. The Bertz CT molecular complexity index is 362. The summed E-state index contributed by atoms with van der Waals surface area (Å²) in [5.74, 6) is -0.421. The lowest BCUT2D eigenvalue weighted by Crippen LogP contribution is -2.05. The molecule has 5 heteroatoms. The number of ether oxygens (including phenoxy) is 2. The first-order chi connectivity index (χ1) is 6.60. The van der Waals surface area contributed by atoms with Gasteiger partial charge in [-0.05, 0) is 6.07 Å². The van der Waals surface area contributed by atoms with Crippen molar-refractivity contribution in [2.45, 2.75) is 0 Å². The lowest BCUT2D eigenvalue weighted by atomic mass is 10.1. The van der Waals surface area contributed by atoms with Crippen molar-refractivity contribution < 1.29 is 19.4 Å². The number of nitrogens with two attached hydrogens (primary N) is 1. The van der Waals surface area contributed by atoms with Crippen molar-refractivity contribution in [1.82, 2.24) is 0 Å². The fraction of sp³-hybridized carbons (Fsp3) is 0.222. The number of rotatable bonds is 3. The Morgan fingerprint density at radius 3 is 2.43 bits per heavy atom. The van der Waals surface area contributed by atoms with Gasteiger partial charge < -0.3 is 20.3 Å². The Hall–Kier alpha value is -1.91. The molecule has 14 heavy (non-hydrogen) atoms. The van der Waals surface area contributed by atoms with Gasteiger partial charge in [0.15, 0.2) is 0 Å². The van der Waals surface area contributed by atoms with E-state index in [-0.39, 0.29) is 11.3 Å². The zero-order chi connectivity index (χ0) is 10.7. The molecule has 0 saturated carbocycles. The van der Waals surface area contributed by atoms with Crippen LogP contribution in [0, 0.1) is 0 Å². The van der Waals surface area contributed by atoms with Crippen molar-refractivity contribution in [1.29, 1.82) is 0 Å². The van der Waals surface area contributed by atoms with Gasteiger partial charge in [-0.15, -0.1) is 0 Å². The number of carbonyl (C=O) groups is 1. The average Bonchev–Trinajstić information content (AvgIpc) is 2.17. The largest absolute Gasteiger partial charge is 0.497 e. The van der Waals surface area contributed by atoms with Gasteiger partial charge in [0, 0.05) is 6.07 Å². The quantitative estimate of drug-likeness (QED) is 0.706. The third-order valence-electron chi connectivity index (χ3n) is 1.80. The normalized spacial score (nSPS) is 9.57. The fourth-order valence-electron chi connectivity index (χ4n) is 1.07. The standard InChI is InChI=1S/C9H11NO4/c1-13-5-3-6(9(11)12)8(10)7(4-5)14-2/h3-4H,10H2,1-2H3,(H,11,12). The van der Waals surface area contributed by atoms with Crippen LogP contribution >= 0.6 is 0 Å². The molecule has 1 aromatic carbocycles. The SMILES string of the molecule is COc1cc(OC)c(N)c(C(=O)O)c1. The summed E-state index contributed by atoms with van der Waals surface area (Å²) in [7, 11) is 2.85. The van der Waals surface area contributed by atoms with Crippen LogP contribution in [0.4, 0.5) is 5.69 Å². The molecule has 0 amide bonds. The molecule has 0 heterocycles. The molecular weight excluding hydrogens is 186 g/mol. The summed E-state index contributed by atoms with van der Waals surface area (Å²) in [6, 6.07) is 2.88. The summed E-state index contributed by atoms with van der Waals surface area (Å²) in [6.07, 6.45) is 0. The lowest BCUT2D eigenvalue weighted by molar-refractivity contribution is 0.0697. The second-order valence-electron chi connectivity index (χ2n) is 2.60. The van der Waals surface area contributed by atoms with Crippen molar-refractivity contribution in [3.8, 4) is 11.5 Å². The van der Waals surface area contributed by atoms with E-state index >= 15 is 0 Å². The van der Waals surface area contributed by atoms with Gasteiger partial charge in [0.2, 0.25) is 0 Å². The van der Waals surface area contributed by atoms with E-state index in [0.717, 1.165) is 0 Å². The second-order valence-corrected chi connectivity index (χ2v) is 2.60. The minimum Gasteiger partial charge on any atom is -0.497 e. The molecule has 0 aliphatic rings. The molecule has 76 valence electrons. The van der Waals surface area contributed by atoms with Crippen LogP contribution in [0.3, 0.4) is 0 Å². The molecule has 0 atom stereocenters. The molecule has 5 nitrogen and oxygen atoms in total. The van der Waals surface area contributed by atoms with Gasteiger partial charge in [-0.2, -0.15) is 0 Å². The minimum absolute atomic E-state index is 0.0267.